The fourth-order valence-electron chi connectivity index (χ4n) is 4.63. The summed E-state index contributed by atoms with van der Waals surface area (Å²) in [6, 6.07) is 26.3. The molecule has 1 heterocycles. The molecule has 0 spiro atoms. The zero-order valence-corrected chi connectivity index (χ0v) is 18.4. The zero-order chi connectivity index (χ0) is 21.8. The Kier molecular flexibility index (Phi) is 6.26. The molecule has 4 rings (SSSR count). The van der Waals surface area contributed by atoms with Crippen LogP contribution in [-0.4, -0.2) is 18.6 Å². The van der Waals surface area contributed by atoms with Gasteiger partial charge in [0.25, 0.3) is 5.91 Å². The first-order valence-electron chi connectivity index (χ1n) is 11.1. The number of benzene rings is 3. The van der Waals surface area contributed by atoms with Gasteiger partial charge < -0.3 is 15.0 Å². The molecule has 160 valence electrons. The van der Waals surface area contributed by atoms with Crippen LogP contribution in [0.15, 0.2) is 78.9 Å². The van der Waals surface area contributed by atoms with Gasteiger partial charge in [0.05, 0.1) is 12.6 Å². The van der Waals surface area contributed by atoms with Crippen molar-refractivity contribution in [3.63, 3.8) is 0 Å². The van der Waals surface area contributed by atoms with Crippen LogP contribution in [0.2, 0.25) is 0 Å². The van der Waals surface area contributed by atoms with Crippen LogP contribution >= 0.6 is 0 Å². The van der Waals surface area contributed by atoms with Gasteiger partial charge in [-0.3, -0.25) is 4.79 Å². The molecule has 1 amide bonds. The van der Waals surface area contributed by atoms with Gasteiger partial charge in [-0.15, -0.1) is 0 Å². The highest BCUT2D eigenvalue weighted by Crippen LogP contribution is 2.44. The highest BCUT2D eigenvalue weighted by atomic mass is 16.5. The maximum atomic E-state index is 13.7. The minimum atomic E-state index is 0.0346. The van der Waals surface area contributed by atoms with Crippen molar-refractivity contribution in [1.29, 1.82) is 0 Å². The lowest BCUT2D eigenvalue weighted by Crippen LogP contribution is -2.50. The van der Waals surface area contributed by atoms with Crippen molar-refractivity contribution in [2.24, 2.45) is 5.92 Å². The number of hydrogen-bond acceptors (Lipinski definition) is 3. The Morgan fingerprint density at radius 1 is 0.935 bits per heavy atom. The van der Waals surface area contributed by atoms with Crippen LogP contribution in [0.5, 0.6) is 5.75 Å². The average molecular weight is 415 g/mol. The first-order valence-corrected chi connectivity index (χ1v) is 11.1. The normalized spacial score (nSPS) is 20.1. The first-order chi connectivity index (χ1) is 15.1. The number of carbonyl (C=O) groups is 1. The maximum Gasteiger partial charge on any atom is 0.258 e. The molecule has 3 aromatic rings. The molecule has 4 heteroatoms. The van der Waals surface area contributed by atoms with Crippen LogP contribution in [0.4, 0.5) is 11.4 Å². The van der Waals surface area contributed by atoms with E-state index in [-0.39, 0.29) is 23.9 Å². The molecule has 0 saturated carbocycles. The number of para-hydroxylation sites is 2. The number of carbonyl (C=O) groups excluding carboxylic acids is 1. The van der Waals surface area contributed by atoms with Crippen molar-refractivity contribution in [2.45, 2.75) is 39.3 Å². The summed E-state index contributed by atoms with van der Waals surface area (Å²) in [5, 5.41) is 3.72. The molecule has 0 fully saturated rings. The minimum Gasteiger partial charge on any atom is -0.494 e. The molecule has 1 aliphatic rings. The largest absolute Gasteiger partial charge is 0.494 e. The van der Waals surface area contributed by atoms with E-state index < -0.39 is 0 Å². The molecule has 1 N–H and O–H groups in total. The summed E-state index contributed by atoms with van der Waals surface area (Å²) in [6.45, 7) is 6.96. The Morgan fingerprint density at radius 2 is 1.61 bits per heavy atom. The third-order valence-corrected chi connectivity index (χ3v) is 6.14. The number of hydrogen-bond donors (Lipinski definition) is 1. The Morgan fingerprint density at radius 3 is 2.29 bits per heavy atom. The maximum absolute atomic E-state index is 13.7. The van der Waals surface area contributed by atoms with Gasteiger partial charge >= 0.3 is 0 Å². The van der Waals surface area contributed by atoms with Crippen molar-refractivity contribution in [3.05, 3.63) is 90.0 Å². The zero-order valence-electron chi connectivity index (χ0n) is 18.4. The lowest BCUT2D eigenvalue weighted by atomic mass is 9.80. The van der Waals surface area contributed by atoms with E-state index in [1.54, 1.807) is 0 Å². The molecule has 0 radical (unpaired) electrons. The van der Waals surface area contributed by atoms with Crippen molar-refractivity contribution in [2.75, 3.05) is 16.8 Å². The number of anilines is 2. The molecule has 3 atom stereocenters. The number of amides is 1. The highest BCUT2D eigenvalue weighted by Gasteiger charge is 2.40. The molecule has 1 aliphatic heterocycles. The quantitative estimate of drug-likeness (QED) is 0.514. The van der Waals surface area contributed by atoms with Crippen LogP contribution < -0.4 is 15.0 Å². The Bertz CT molecular complexity index is 1020. The predicted octanol–water partition coefficient (Wildman–Crippen LogP) is 6.31. The van der Waals surface area contributed by atoms with E-state index in [4.69, 9.17) is 4.74 Å². The standard InChI is InChI=1S/C27H30N2O2/c1-4-24-19(3)26(28-21-11-7-6-8-12-21)23-13-9-10-14-25(23)29(24)27(30)20-15-17-22(18-16-20)31-5-2/h6-19,24,26,28H,4-5H2,1-3H3/t19-,24+,26+/m1/s1. The molecular weight excluding hydrogens is 384 g/mol. The monoisotopic (exact) mass is 414 g/mol. The van der Waals surface area contributed by atoms with E-state index in [0.717, 1.165) is 29.1 Å². The van der Waals surface area contributed by atoms with Gasteiger partial charge in [0.2, 0.25) is 0 Å². The Hall–Kier alpha value is -3.27. The number of fused-ring (bicyclic) bond motifs is 1. The summed E-state index contributed by atoms with van der Waals surface area (Å²) in [6.07, 6.45) is 0.880. The summed E-state index contributed by atoms with van der Waals surface area (Å²) in [5.74, 6) is 1.06. The second-order valence-electron chi connectivity index (χ2n) is 8.01. The van der Waals surface area contributed by atoms with E-state index in [2.05, 4.69) is 49.5 Å². The molecule has 0 aromatic heterocycles. The van der Waals surface area contributed by atoms with Gasteiger partial charge in [0, 0.05) is 28.9 Å². The number of rotatable bonds is 6. The average Bonchev–Trinajstić information content (AvgIpc) is 2.81. The lowest BCUT2D eigenvalue weighted by Gasteiger charge is -2.45. The summed E-state index contributed by atoms with van der Waals surface area (Å²) in [5.41, 5.74) is 3.91. The van der Waals surface area contributed by atoms with Gasteiger partial charge in [0.15, 0.2) is 0 Å². The topological polar surface area (TPSA) is 41.6 Å². The van der Waals surface area contributed by atoms with Crippen LogP contribution in [-0.2, 0) is 0 Å². The van der Waals surface area contributed by atoms with E-state index in [0.29, 0.717) is 12.2 Å². The number of ether oxygens (including phenoxy) is 1. The second-order valence-corrected chi connectivity index (χ2v) is 8.01. The summed E-state index contributed by atoms with van der Waals surface area (Å²) < 4.78 is 5.54. The summed E-state index contributed by atoms with van der Waals surface area (Å²) >= 11 is 0. The number of nitrogens with zero attached hydrogens (tertiary/aromatic N) is 1. The fraction of sp³-hybridized carbons (Fsp3) is 0.296. The van der Waals surface area contributed by atoms with E-state index >= 15 is 0 Å². The smallest absolute Gasteiger partial charge is 0.258 e. The summed E-state index contributed by atoms with van der Waals surface area (Å²) in [4.78, 5) is 15.7. The lowest BCUT2D eigenvalue weighted by molar-refractivity contribution is 0.0960. The third-order valence-electron chi connectivity index (χ3n) is 6.14. The van der Waals surface area contributed by atoms with Crippen LogP contribution in [0.25, 0.3) is 0 Å². The van der Waals surface area contributed by atoms with E-state index in [9.17, 15) is 4.79 Å². The number of nitrogens with one attached hydrogen (secondary N) is 1. The third kappa shape index (κ3) is 4.15. The van der Waals surface area contributed by atoms with Gasteiger partial charge in [-0.1, -0.05) is 50.2 Å². The van der Waals surface area contributed by atoms with Crippen LogP contribution in [0.1, 0.15) is 49.2 Å². The predicted molar refractivity (Wildman–Crippen MR) is 127 cm³/mol. The molecule has 3 aromatic carbocycles. The molecule has 0 bridgehead atoms. The van der Waals surface area contributed by atoms with Gasteiger partial charge in [0.1, 0.15) is 5.75 Å². The molecule has 31 heavy (non-hydrogen) atoms. The van der Waals surface area contributed by atoms with E-state index in [1.165, 1.54) is 0 Å². The Labute approximate surface area is 184 Å². The highest BCUT2D eigenvalue weighted by molar-refractivity contribution is 6.07. The molecular formula is C27H30N2O2. The van der Waals surface area contributed by atoms with Gasteiger partial charge in [-0.25, -0.2) is 0 Å². The van der Waals surface area contributed by atoms with Gasteiger partial charge in [-0.05, 0) is 61.4 Å². The minimum absolute atomic E-state index is 0.0346. The van der Waals surface area contributed by atoms with E-state index in [1.807, 2.05) is 60.4 Å². The van der Waals surface area contributed by atoms with Crippen molar-refractivity contribution in [1.82, 2.24) is 0 Å². The molecule has 0 saturated heterocycles. The van der Waals surface area contributed by atoms with Crippen molar-refractivity contribution < 1.29 is 9.53 Å². The van der Waals surface area contributed by atoms with Gasteiger partial charge in [-0.2, -0.15) is 0 Å². The SMILES string of the molecule is CCOc1ccc(C(=O)N2c3ccccc3[C@@H](Nc3ccccc3)[C@H](C)[C@@H]2CC)cc1. The molecule has 0 unspecified atom stereocenters. The molecule has 0 aliphatic carbocycles. The molecule has 4 nitrogen and oxygen atoms in total. The summed E-state index contributed by atoms with van der Waals surface area (Å²) in [7, 11) is 0. The Balaban J connectivity index is 1.71. The van der Waals surface area contributed by atoms with Crippen LogP contribution in [0, 0.1) is 5.92 Å². The fourth-order valence-corrected chi connectivity index (χ4v) is 4.63. The second kappa shape index (κ2) is 9.25. The van der Waals surface area contributed by atoms with Crippen molar-refractivity contribution >= 4 is 17.3 Å². The van der Waals surface area contributed by atoms with Crippen molar-refractivity contribution in [3.8, 4) is 5.75 Å². The van der Waals surface area contributed by atoms with Crippen LogP contribution in [0.3, 0.4) is 0 Å². The first kappa shape index (κ1) is 21.0.